The number of carbonyl (C=O) groups excluding carboxylic acids is 1. The first kappa shape index (κ1) is 16.8. The van der Waals surface area contributed by atoms with Gasteiger partial charge in [0.2, 0.25) is 0 Å². The van der Waals surface area contributed by atoms with Crippen LogP contribution in [0.5, 0.6) is 5.75 Å². The minimum atomic E-state index is -0.551. The van der Waals surface area contributed by atoms with Crippen LogP contribution in [0.1, 0.15) is 18.9 Å². The van der Waals surface area contributed by atoms with E-state index in [-0.39, 0.29) is 5.91 Å². The summed E-state index contributed by atoms with van der Waals surface area (Å²) in [6.45, 7) is 3.88. The first-order valence-corrected chi connectivity index (χ1v) is 8.16. The van der Waals surface area contributed by atoms with E-state index in [1.165, 1.54) is 0 Å². The van der Waals surface area contributed by atoms with Gasteiger partial charge in [-0.15, -0.1) is 0 Å². The number of aryl methyl sites for hydroxylation is 1. The molecule has 2 aromatic carbocycles. The second-order valence-corrected chi connectivity index (χ2v) is 6.21. The number of hydrogen-bond acceptors (Lipinski definition) is 2. The minimum absolute atomic E-state index is 0.167. The van der Waals surface area contributed by atoms with Crippen LogP contribution < -0.4 is 10.1 Å². The number of benzene rings is 2. The number of amides is 1. The van der Waals surface area contributed by atoms with E-state index < -0.39 is 6.10 Å². The molecule has 0 saturated heterocycles. The zero-order valence-corrected chi connectivity index (χ0v) is 14.7. The highest BCUT2D eigenvalue weighted by Gasteiger charge is 2.18. The van der Waals surface area contributed by atoms with E-state index in [4.69, 9.17) is 16.3 Å². The maximum absolute atomic E-state index is 12.3. The highest BCUT2D eigenvalue weighted by Crippen LogP contribution is 2.21. The van der Waals surface area contributed by atoms with Gasteiger partial charge in [-0.1, -0.05) is 34.5 Å². The Kier molecular flexibility index (Phi) is 5.86. The molecule has 1 atom stereocenters. The van der Waals surface area contributed by atoms with Crippen molar-refractivity contribution in [1.29, 1.82) is 0 Å². The lowest BCUT2D eigenvalue weighted by atomic mass is 10.2. The fraction of sp³-hybridized carbons (Fsp3) is 0.235. The molecule has 5 heteroatoms. The molecule has 3 nitrogen and oxygen atoms in total. The molecular formula is C17H17BrClNO2. The van der Waals surface area contributed by atoms with Gasteiger partial charge in [-0.3, -0.25) is 4.79 Å². The van der Waals surface area contributed by atoms with Crippen molar-refractivity contribution >= 4 is 39.1 Å². The van der Waals surface area contributed by atoms with Crippen LogP contribution in [0.4, 0.5) is 5.69 Å². The standard InChI is InChI=1S/C17H17BrClNO2/c1-3-16(22-14-7-4-12(19)5-8-14)17(21)20-13-6-9-15(18)11(2)10-13/h4-10,16H,3H2,1-2H3,(H,20,21)/t16-/m1/s1. The predicted molar refractivity (Wildman–Crippen MR) is 93.7 cm³/mol. The van der Waals surface area contributed by atoms with Crippen LogP contribution >= 0.6 is 27.5 Å². The van der Waals surface area contributed by atoms with Crippen molar-refractivity contribution in [3.8, 4) is 5.75 Å². The molecule has 0 aliphatic heterocycles. The maximum atomic E-state index is 12.3. The topological polar surface area (TPSA) is 38.3 Å². The smallest absolute Gasteiger partial charge is 0.265 e. The lowest BCUT2D eigenvalue weighted by molar-refractivity contribution is -0.122. The van der Waals surface area contributed by atoms with Crippen molar-refractivity contribution in [2.45, 2.75) is 26.4 Å². The van der Waals surface area contributed by atoms with Crippen molar-refractivity contribution in [2.75, 3.05) is 5.32 Å². The largest absolute Gasteiger partial charge is 0.481 e. The molecule has 116 valence electrons. The van der Waals surface area contributed by atoms with E-state index >= 15 is 0 Å². The molecule has 22 heavy (non-hydrogen) atoms. The summed E-state index contributed by atoms with van der Waals surface area (Å²) in [4.78, 5) is 12.3. The average Bonchev–Trinajstić information content (AvgIpc) is 2.50. The molecule has 2 aromatic rings. The highest BCUT2D eigenvalue weighted by atomic mass is 79.9. The SMILES string of the molecule is CC[C@@H](Oc1ccc(Cl)cc1)C(=O)Nc1ccc(Br)c(C)c1. The lowest BCUT2D eigenvalue weighted by Gasteiger charge is -2.17. The highest BCUT2D eigenvalue weighted by molar-refractivity contribution is 9.10. The number of hydrogen-bond donors (Lipinski definition) is 1. The molecule has 0 aliphatic rings. The number of ether oxygens (including phenoxy) is 1. The zero-order chi connectivity index (χ0) is 16.1. The molecule has 0 fully saturated rings. The fourth-order valence-electron chi connectivity index (χ4n) is 1.94. The van der Waals surface area contributed by atoms with Crippen LogP contribution in [-0.4, -0.2) is 12.0 Å². The quantitative estimate of drug-likeness (QED) is 0.771. The molecule has 0 radical (unpaired) electrons. The molecule has 0 heterocycles. The zero-order valence-electron chi connectivity index (χ0n) is 12.4. The maximum Gasteiger partial charge on any atom is 0.265 e. The monoisotopic (exact) mass is 381 g/mol. The Morgan fingerprint density at radius 1 is 1.27 bits per heavy atom. The summed E-state index contributed by atoms with van der Waals surface area (Å²) in [5.41, 5.74) is 1.81. The summed E-state index contributed by atoms with van der Waals surface area (Å²) in [6.07, 6.45) is 0.0226. The van der Waals surface area contributed by atoms with Gasteiger partial charge < -0.3 is 10.1 Å². The van der Waals surface area contributed by atoms with E-state index in [0.717, 1.165) is 15.7 Å². The van der Waals surface area contributed by atoms with Gasteiger partial charge in [-0.2, -0.15) is 0 Å². The second-order valence-electron chi connectivity index (χ2n) is 4.92. The first-order valence-electron chi connectivity index (χ1n) is 6.99. The summed E-state index contributed by atoms with van der Waals surface area (Å²) in [7, 11) is 0. The van der Waals surface area contributed by atoms with Gasteiger partial charge in [0, 0.05) is 15.2 Å². The molecule has 1 amide bonds. The van der Waals surface area contributed by atoms with Crippen LogP contribution in [-0.2, 0) is 4.79 Å². The first-order chi connectivity index (χ1) is 10.5. The predicted octanol–water partition coefficient (Wildman–Crippen LogP) is 5.21. The normalized spacial score (nSPS) is 11.8. The van der Waals surface area contributed by atoms with Crippen molar-refractivity contribution in [3.63, 3.8) is 0 Å². The fourth-order valence-corrected chi connectivity index (χ4v) is 2.32. The van der Waals surface area contributed by atoms with E-state index in [1.807, 2.05) is 32.0 Å². The summed E-state index contributed by atoms with van der Waals surface area (Å²) >= 11 is 9.28. The minimum Gasteiger partial charge on any atom is -0.481 e. The van der Waals surface area contributed by atoms with Gasteiger partial charge in [0.05, 0.1) is 0 Å². The summed E-state index contributed by atoms with van der Waals surface area (Å²) in [6, 6.07) is 12.6. The van der Waals surface area contributed by atoms with Crippen molar-refractivity contribution in [1.82, 2.24) is 0 Å². The Morgan fingerprint density at radius 2 is 1.95 bits per heavy atom. The molecule has 0 spiro atoms. The third-order valence-electron chi connectivity index (χ3n) is 3.18. The number of anilines is 1. The van der Waals surface area contributed by atoms with Crippen LogP contribution in [0.15, 0.2) is 46.9 Å². The molecule has 0 aliphatic carbocycles. The average molecular weight is 383 g/mol. The molecule has 0 unspecified atom stereocenters. The third-order valence-corrected chi connectivity index (χ3v) is 4.32. The van der Waals surface area contributed by atoms with Crippen LogP contribution in [0, 0.1) is 6.92 Å². The van der Waals surface area contributed by atoms with Gasteiger partial charge in [0.1, 0.15) is 5.75 Å². The van der Waals surface area contributed by atoms with Gasteiger partial charge in [-0.05, 0) is 61.4 Å². The Morgan fingerprint density at radius 3 is 2.55 bits per heavy atom. The third kappa shape index (κ3) is 4.49. The van der Waals surface area contributed by atoms with Crippen LogP contribution in [0.25, 0.3) is 0 Å². The molecule has 1 N–H and O–H groups in total. The van der Waals surface area contributed by atoms with E-state index in [0.29, 0.717) is 17.2 Å². The number of nitrogens with one attached hydrogen (secondary N) is 1. The van der Waals surface area contributed by atoms with Gasteiger partial charge >= 0.3 is 0 Å². The number of halogens is 2. The van der Waals surface area contributed by atoms with Gasteiger partial charge in [0.15, 0.2) is 6.10 Å². The Balaban J connectivity index is 2.04. The molecule has 0 bridgehead atoms. The van der Waals surface area contributed by atoms with E-state index in [1.54, 1.807) is 24.3 Å². The van der Waals surface area contributed by atoms with Crippen LogP contribution in [0.3, 0.4) is 0 Å². The van der Waals surface area contributed by atoms with Crippen molar-refractivity contribution < 1.29 is 9.53 Å². The Hall–Kier alpha value is -1.52. The molecule has 2 rings (SSSR count). The Labute approximate surface area is 143 Å². The Bertz CT molecular complexity index is 658. The summed E-state index contributed by atoms with van der Waals surface area (Å²) < 4.78 is 6.74. The number of rotatable bonds is 5. The van der Waals surface area contributed by atoms with Gasteiger partial charge in [-0.25, -0.2) is 0 Å². The number of carbonyl (C=O) groups is 1. The van der Waals surface area contributed by atoms with Crippen molar-refractivity contribution in [2.24, 2.45) is 0 Å². The summed E-state index contributed by atoms with van der Waals surface area (Å²) in [5.74, 6) is 0.456. The molecule has 0 saturated carbocycles. The lowest BCUT2D eigenvalue weighted by Crippen LogP contribution is -2.32. The van der Waals surface area contributed by atoms with E-state index in [2.05, 4.69) is 21.2 Å². The van der Waals surface area contributed by atoms with Gasteiger partial charge in [0.25, 0.3) is 5.91 Å². The second kappa shape index (κ2) is 7.65. The van der Waals surface area contributed by atoms with Crippen LogP contribution in [0.2, 0.25) is 5.02 Å². The van der Waals surface area contributed by atoms with Crippen molar-refractivity contribution in [3.05, 3.63) is 57.5 Å². The summed E-state index contributed by atoms with van der Waals surface area (Å²) in [5, 5.41) is 3.52. The van der Waals surface area contributed by atoms with E-state index in [9.17, 15) is 4.79 Å². The molecular weight excluding hydrogens is 366 g/mol. The molecule has 0 aromatic heterocycles.